The van der Waals surface area contributed by atoms with Crippen molar-refractivity contribution in [1.29, 1.82) is 0 Å². The van der Waals surface area contributed by atoms with Gasteiger partial charge in [0.05, 0.1) is 26.3 Å². The Morgan fingerprint density at radius 2 is 1.88 bits per heavy atom. The highest BCUT2D eigenvalue weighted by atomic mass is 35.5. The minimum atomic E-state index is -0.00438. The van der Waals surface area contributed by atoms with Crippen LogP contribution in [0, 0.1) is 0 Å². The Labute approximate surface area is 170 Å². The monoisotopic (exact) mass is 421 g/mol. The van der Waals surface area contributed by atoms with Gasteiger partial charge in [0.1, 0.15) is 5.01 Å². The first kappa shape index (κ1) is 24.5. The summed E-state index contributed by atoms with van der Waals surface area (Å²) in [6.07, 6.45) is 1.21. The number of rotatable bonds is 9. The van der Waals surface area contributed by atoms with Gasteiger partial charge in [0.2, 0.25) is 5.91 Å². The zero-order chi connectivity index (χ0) is 17.4. The maximum atomic E-state index is 11.9. The van der Waals surface area contributed by atoms with Crippen LogP contribution in [0.15, 0.2) is 23.6 Å². The van der Waals surface area contributed by atoms with E-state index < -0.39 is 0 Å². The highest BCUT2D eigenvalue weighted by Crippen LogP contribution is 2.33. The number of halogens is 2. The molecule has 0 atom stereocenters. The van der Waals surface area contributed by atoms with Crippen molar-refractivity contribution in [3.63, 3.8) is 0 Å². The SMILES string of the molecule is CNCCCNC(=O)Cc1csc(-c2ccc(OC)c(OC)c2)n1.Cl.Cl. The second kappa shape index (κ2) is 12.8. The summed E-state index contributed by atoms with van der Waals surface area (Å²) in [6.45, 7) is 1.56. The van der Waals surface area contributed by atoms with E-state index >= 15 is 0 Å². The number of benzene rings is 1. The van der Waals surface area contributed by atoms with Crippen LogP contribution >= 0.6 is 36.2 Å². The van der Waals surface area contributed by atoms with Crippen molar-refractivity contribution >= 4 is 42.1 Å². The van der Waals surface area contributed by atoms with E-state index in [4.69, 9.17) is 9.47 Å². The molecule has 6 nitrogen and oxygen atoms in total. The molecule has 0 bridgehead atoms. The minimum Gasteiger partial charge on any atom is -0.493 e. The number of amides is 1. The van der Waals surface area contributed by atoms with Crippen LogP contribution in [0.5, 0.6) is 11.5 Å². The lowest BCUT2D eigenvalue weighted by molar-refractivity contribution is -0.120. The number of hydrogen-bond acceptors (Lipinski definition) is 6. The van der Waals surface area contributed by atoms with Crippen LogP contribution in [0.25, 0.3) is 10.6 Å². The molecule has 0 aliphatic heterocycles. The highest BCUT2D eigenvalue weighted by molar-refractivity contribution is 7.13. The van der Waals surface area contributed by atoms with E-state index in [1.165, 1.54) is 11.3 Å². The number of nitrogens with one attached hydrogen (secondary N) is 2. The van der Waals surface area contributed by atoms with E-state index in [2.05, 4.69) is 15.6 Å². The van der Waals surface area contributed by atoms with Crippen molar-refractivity contribution in [3.05, 3.63) is 29.3 Å². The molecule has 0 aliphatic rings. The number of methoxy groups -OCH3 is 2. The highest BCUT2D eigenvalue weighted by Gasteiger charge is 2.11. The number of carbonyl (C=O) groups is 1. The number of ether oxygens (including phenoxy) is 2. The third-order valence-corrected chi connectivity index (χ3v) is 4.39. The Hall–Kier alpha value is -1.54. The summed E-state index contributed by atoms with van der Waals surface area (Å²) in [5.74, 6) is 1.34. The lowest BCUT2D eigenvalue weighted by atomic mass is 10.2. The molecule has 2 N–H and O–H groups in total. The first-order valence-electron chi connectivity index (χ1n) is 7.76. The Morgan fingerprint density at radius 3 is 2.54 bits per heavy atom. The molecule has 0 unspecified atom stereocenters. The Kier molecular flexibility index (Phi) is 12.0. The maximum absolute atomic E-state index is 11.9. The van der Waals surface area contributed by atoms with Crippen LogP contribution in [0.3, 0.4) is 0 Å². The predicted molar refractivity (Wildman–Crippen MR) is 110 cm³/mol. The summed E-state index contributed by atoms with van der Waals surface area (Å²) < 4.78 is 10.6. The van der Waals surface area contributed by atoms with Crippen molar-refractivity contribution in [2.75, 3.05) is 34.4 Å². The molecule has 2 aromatic rings. The van der Waals surface area contributed by atoms with Crippen molar-refractivity contribution in [2.24, 2.45) is 0 Å². The third kappa shape index (κ3) is 6.99. The van der Waals surface area contributed by atoms with Gasteiger partial charge in [0.15, 0.2) is 11.5 Å². The molecule has 1 amide bonds. The van der Waals surface area contributed by atoms with Gasteiger partial charge in [-0.3, -0.25) is 4.79 Å². The van der Waals surface area contributed by atoms with Gasteiger partial charge < -0.3 is 20.1 Å². The van der Waals surface area contributed by atoms with Gasteiger partial charge in [-0.05, 0) is 38.2 Å². The van der Waals surface area contributed by atoms with Crippen molar-refractivity contribution in [2.45, 2.75) is 12.8 Å². The van der Waals surface area contributed by atoms with Crippen molar-refractivity contribution in [3.8, 4) is 22.1 Å². The molecule has 0 saturated heterocycles. The number of aromatic nitrogens is 1. The van der Waals surface area contributed by atoms with Gasteiger partial charge in [0.25, 0.3) is 0 Å². The molecule has 0 aliphatic carbocycles. The fraction of sp³-hybridized carbons (Fsp3) is 0.412. The Morgan fingerprint density at radius 1 is 1.15 bits per heavy atom. The summed E-state index contributed by atoms with van der Waals surface area (Å²) in [6, 6.07) is 5.67. The predicted octanol–water partition coefficient (Wildman–Crippen LogP) is 2.94. The van der Waals surface area contributed by atoms with Gasteiger partial charge in [0, 0.05) is 17.5 Å². The lowest BCUT2D eigenvalue weighted by Gasteiger charge is -2.08. The first-order valence-corrected chi connectivity index (χ1v) is 8.64. The molecule has 0 radical (unpaired) electrons. The fourth-order valence-electron chi connectivity index (χ4n) is 2.21. The van der Waals surface area contributed by atoms with Crippen LogP contribution < -0.4 is 20.1 Å². The number of carbonyl (C=O) groups excluding carboxylic acids is 1. The van der Waals surface area contributed by atoms with Crippen LogP contribution in [-0.4, -0.2) is 45.2 Å². The lowest BCUT2D eigenvalue weighted by Crippen LogP contribution is -2.28. The van der Waals surface area contributed by atoms with Gasteiger partial charge in [-0.2, -0.15) is 0 Å². The summed E-state index contributed by atoms with van der Waals surface area (Å²) in [4.78, 5) is 16.4. The molecule has 1 aromatic heterocycles. The molecule has 9 heteroatoms. The van der Waals surface area contributed by atoms with Gasteiger partial charge in [-0.25, -0.2) is 4.98 Å². The quantitative estimate of drug-likeness (QED) is 0.608. The molecule has 0 saturated carbocycles. The second-order valence-electron chi connectivity index (χ2n) is 5.20. The molecule has 146 valence electrons. The molecule has 2 rings (SSSR count). The third-order valence-electron chi connectivity index (χ3n) is 3.45. The number of hydrogen-bond donors (Lipinski definition) is 2. The second-order valence-corrected chi connectivity index (χ2v) is 6.06. The average Bonchev–Trinajstić information content (AvgIpc) is 3.06. The molecular formula is C17H25Cl2N3O3S. The molecule has 0 spiro atoms. The van der Waals surface area contributed by atoms with Crippen LogP contribution in [0.2, 0.25) is 0 Å². The zero-order valence-corrected chi connectivity index (χ0v) is 17.5. The maximum Gasteiger partial charge on any atom is 0.226 e. The molecule has 26 heavy (non-hydrogen) atoms. The van der Waals surface area contributed by atoms with Crippen LogP contribution in [0.4, 0.5) is 0 Å². The zero-order valence-electron chi connectivity index (χ0n) is 15.0. The van der Waals surface area contributed by atoms with Gasteiger partial charge in [-0.1, -0.05) is 0 Å². The largest absolute Gasteiger partial charge is 0.493 e. The van der Waals surface area contributed by atoms with E-state index in [0.717, 1.165) is 29.2 Å². The van der Waals surface area contributed by atoms with Crippen LogP contribution in [0.1, 0.15) is 12.1 Å². The summed E-state index contributed by atoms with van der Waals surface area (Å²) >= 11 is 1.51. The summed E-state index contributed by atoms with van der Waals surface area (Å²) in [5.41, 5.74) is 1.72. The minimum absolute atomic E-state index is 0. The van der Waals surface area contributed by atoms with Crippen molar-refractivity contribution < 1.29 is 14.3 Å². The molecule has 1 heterocycles. The smallest absolute Gasteiger partial charge is 0.226 e. The topological polar surface area (TPSA) is 72.5 Å². The van der Waals surface area contributed by atoms with E-state index in [-0.39, 0.29) is 30.7 Å². The fourth-order valence-corrected chi connectivity index (χ4v) is 3.03. The average molecular weight is 422 g/mol. The number of thiazole rings is 1. The van der Waals surface area contributed by atoms with E-state index in [9.17, 15) is 4.79 Å². The van der Waals surface area contributed by atoms with E-state index in [1.807, 2.05) is 30.6 Å². The molecular weight excluding hydrogens is 397 g/mol. The van der Waals surface area contributed by atoms with E-state index in [0.29, 0.717) is 24.5 Å². The molecule has 0 fully saturated rings. The normalized spacial score (nSPS) is 9.65. The summed E-state index contributed by atoms with van der Waals surface area (Å²) in [7, 11) is 5.11. The molecule has 1 aromatic carbocycles. The standard InChI is InChI=1S/C17H23N3O3S.2ClH/c1-18-7-4-8-19-16(21)10-13-11-24-17(20-13)12-5-6-14(22-2)15(9-12)23-3;;/h5-6,9,11,18H,4,7-8,10H2,1-3H3,(H,19,21);2*1H. The van der Waals surface area contributed by atoms with E-state index in [1.54, 1.807) is 14.2 Å². The Bertz CT molecular complexity index is 683. The Balaban J connectivity index is 0.00000312. The van der Waals surface area contributed by atoms with Gasteiger partial charge >= 0.3 is 0 Å². The van der Waals surface area contributed by atoms with Gasteiger partial charge in [-0.15, -0.1) is 36.2 Å². The summed E-state index contributed by atoms with van der Waals surface area (Å²) in [5, 5.41) is 8.72. The van der Waals surface area contributed by atoms with Crippen molar-refractivity contribution in [1.82, 2.24) is 15.6 Å². The number of nitrogens with zero attached hydrogens (tertiary/aromatic N) is 1. The van der Waals surface area contributed by atoms with Crippen LogP contribution in [-0.2, 0) is 11.2 Å². The first-order chi connectivity index (χ1) is 11.7.